The topological polar surface area (TPSA) is 37.3 Å². The van der Waals surface area contributed by atoms with Crippen LogP contribution < -0.4 is 5.32 Å². The molecule has 1 aliphatic heterocycles. The van der Waals surface area contributed by atoms with Gasteiger partial charge >= 0.3 is 0 Å². The summed E-state index contributed by atoms with van der Waals surface area (Å²) in [4.78, 5) is 14.6. The maximum Gasteiger partial charge on any atom is 0.270 e. The first kappa shape index (κ1) is 14.1. The number of hydrogen-bond acceptors (Lipinski definition) is 2. The lowest BCUT2D eigenvalue weighted by Gasteiger charge is -2.33. The van der Waals surface area contributed by atoms with Crippen molar-refractivity contribution in [3.05, 3.63) is 24.0 Å². The van der Waals surface area contributed by atoms with E-state index in [2.05, 4.69) is 16.8 Å². The van der Waals surface area contributed by atoms with Gasteiger partial charge < -0.3 is 14.8 Å². The molecule has 1 atom stereocenters. The number of nitrogens with zero attached hydrogens (tertiary/aromatic N) is 2. The molecule has 1 aromatic heterocycles. The molecule has 1 saturated heterocycles. The van der Waals surface area contributed by atoms with Crippen LogP contribution in [0.25, 0.3) is 0 Å². The Hall–Kier alpha value is -1.29. The Kier molecular flexibility index (Phi) is 5.02. The van der Waals surface area contributed by atoms with Crippen molar-refractivity contribution in [2.45, 2.75) is 32.7 Å². The van der Waals surface area contributed by atoms with E-state index in [1.807, 2.05) is 30.3 Å². The van der Waals surface area contributed by atoms with Gasteiger partial charge in [-0.25, -0.2) is 0 Å². The first-order valence-corrected chi connectivity index (χ1v) is 7.35. The van der Waals surface area contributed by atoms with Crippen LogP contribution in [0.15, 0.2) is 18.3 Å². The maximum atomic E-state index is 12.6. The average molecular weight is 263 g/mol. The summed E-state index contributed by atoms with van der Waals surface area (Å²) in [6, 6.07) is 3.91. The number of rotatable bonds is 5. The minimum absolute atomic E-state index is 0.194. The van der Waals surface area contributed by atoms with Gasteiger partial charge in [-0.2, -0.15) is 0 Å². The molecular formula is C15H25N3O. The monoisotopic (exact) mass is 263 g/mol. The summed E-state index contributed by atoms with van der Waals surface area (Å²) in [5, 5.41) is 3.22. The standard InChI is InChI=1S/C15H25N3O/c1-3-8-17-9-5-7-14(17)15(19)18-10-4-6-13(12-18)11-16-2/h5,7,9,13,16H,3-4,6,8,10-12H2,1-2H3. The minimum atomic E-state index is 0.194. The van der Waals surface area contributed by atoms with E-state index >= 15 is 0 Å². The van der Waals surface area contributed by atoms with Gasteiger partial charge in [0, 0.05) is 25.8 Å². The lowest BCUT2D eigenvalue weighted by molar-refractivity contribution is 0.0663. The Morgan fingerprint density at radius 2 is 2.37 bits per heavy atom. The van der Waals surface area contributed by atoms with Crippen molar-refractivity contribution in [3.63, 3.8) is 0 Å². The quantitative estimate of drug-likeness (QED) is 0.882. The Morgan fingerprint density at radius 1 is 1.53 bits per heavy atom. The van der Waals surface area contributed by atoms with Gasteiger partial charge in [0.05, 0.1) is 0 Å². The highest BCUT2D eigenvalue weighted by molar-refractivity contribution is 5.92. The summed E-state index contributed by atoms with van der Waals surface area (Å²) in [5.74, 6) is 0.788. The second-order valence-electron chi connectivity index (χ2n) is 5.40. The zero-order valence-corrected chi connectivity index (χ0v) is 12.1. The Balaban J connectivity index is 2.04. The summed E-state index contributed by atoms with van der Waals surface area (Å²) in [5.41, 5.74) is 0.840. The summed E-state index contributed by atoms with van der Waals surface area (Å²) < 4.78 is 2.07. The van der Waals surface area contributed by atoms with Crippen LogP contribution in [0.1, 0.15) is 36.7 Å². The molecule has 1 fully saturated rings. The summed E-state index contributed by atoms with van der Waals surface area (Å²) in [7, 11) is 1.98. The fraction of sp³-hybridized carbons (Fsp3) is 0.667. The molecular weight excluding hydrogens is 238 g/mol. The van der Waals surface area contributed by atoms with Gasteiger partial charge in [0.25, 0.3) is 5.91 Å². The Morgan fingerprint density at radius 3 is 3.11 bits per heavy atom. The van der Waals surface area contributed by atoms with Gasteiger partial charge in [-0.3, -0.25) is 4.79 Å². The van der Waals surface area contributed by atoms with Crippen molar-refractivity contribution >= 4 is 5.91 Å². The molecule has 0 bridgehead atoms. The third-order valence-electron chi connectivity index (χ3n) is 3.81. The third-order valence-corrected chi connectivity index (χ3v) is 3.81. The van der Waals surface area contributed by atoms with Crippen molar-refractivity contribution in [3.8, 4) is 0 Å². The van der Waals surface area contributed by atoms with E-state index in [1.54, 1.807) is 0 Å². The van der Waals surface area contributed by atoms with E-state index in [0.29, 0.717) is 5.92 Å². The molecule has 2 heterocycles. The molecule has 1 amide bonds. The van der Waals surface area contributed by atoms with Gasteiger partial charge in [0.1, 0.15) is 5.69 Å². The molecule has 4 heteroatoms. The molecule has 1 aliphatic rings. The smallest absolute Gasteiger partial charge is 0.270 e. The number of carbonyl (C=O) groups excluding carboxylic acids is 1. The average Bonchev–Trinajstić information content (AvgIpc) is 2.87. The molecule has 1 unspecified atom stereocenters. The first-order valence-electron chi connectivity index (χ1n) is 7.35. The molecule has 0 spiro atoms. The van der Waals surface area contributed by atoms with Crippen LogP contribution >= 0.6 is 0 Å². The molecule has 0 aromatic carbocycles. The number of aryl methyl sites for hydroxylation is 1. The number of amides is 1. The number of hydrogen-bond donors (Lipinski definition) is 1. The first-order chi connectivity index (χ1) is 9.26. The van der Waals surface area contributed by atoms with Gasteiger partial charge in [-0.1, -0.05) is 6.92 Å². The molecule has 1 aromatic rings. The third kappa shape index (κ3) is 3.38. The lowest BCUT2D eigenvalue weighted by Crippen LogP contribution is -2.43. The second-order valence-corrected chi connectivity index (χ2v) is 5.40. The Labute approximate surface area is 115 Å². The van der Waals surface area contributed by atoms with E-state index < -0.39 is 0 Å². The van der Waals surface area contributed by atoms with Gasteiger partial charge in [-0.15, -0.1) is 0 Å². The SMILES string of the molecule is CCCn1cccc1C(=O)N1CCCC(CNC)C1. The van der Waals surface area contributed by atoms with E-state index in [1.165, 1.54) is 6.42 Å². The predicted octanol–water partition coefficient (Wildman–Crippen LogP) is 1.97. The number of piperidine rings is 1. The number of nitrogens with one attached hydrogen (secondary N) is 1. The van der Waals surface area contributed by atoms with Crippen molar-refractivity contribution in [2.75, 3.05) is 26.7 Å². The van der Waals surface area contributed by atoms with Crippen molar-refractivity contribution in [1.82, 2.24) is 14.8 Å². The molecule has 2 rings (SSSR count). The molecule has 106 valence electrons. The highest BCUT2D eigenvalue weighted by atomic mass is 16.2. The van der Waals surface area contributed by atoms with Crippen LogP contribution in [0.2, 0.25) is 0 Å². The predicted molar refractivity (Wildman–Crippen MR) is 77.3 cm³/mol. The highest BCUT2D eigenvalue weighted by Crippen LogP contribution is 2.18. The van der Waals surface area contributed by atoms with Crippen molar-refractivity contribution < 1.29 is 4.79 Å². The van der Waals surface area contributed by atoms with Gasteiger partial charge in [-0.05, 0) is 50.9 Å². The number of aromatic nitrogens is 1. The molecule has 0 radical (unpaired) electrons. The van der Waals surface area contributed by atoms with Crippen LogP contribution in [0.5, 0.6) is 0 Å². The van der Waals surface area contributed by atoms with Gasteiger partial charge in [0.2, 0.25) is 0 Å². The van der Waals surface area contributed by atoms with Crippen LogP contribution in [-0.2, 0) is 6.54 Å². The van der Waals surface area contributed by atoms with E-state index in [4.69, 9.17) is 0 Å². The van der Waals surface area contributed by atoms with E-state index in [9.17, 15) is 4.79 Å². The van der Waals surface area contributed by atoms with Gasteiger partial charge in [0.15, 0.2) is 0 Å². The maximum absolute atomic E-state index is 12.6. The lowest BCUT2D eigenvalue weighted by atomic mass is 9.98. The molecule has 19 heavy (non-hydrogen) atoms. The molecule has 4 nitrogen and oxygen atoms in total. The summed E-state index contributed by atoms with van der Waals surface area (Å²) in [6.45, 7) is 5.84. The van der Waals surface area contributed by atoms with Crippen LogP contribution in [0.4, 0.5) is 0 Å². The zero-order chi connectivity index (χ0) is 13.7. The Bertz CT molecular complexity index is 411. The van der Waals surface area contributed by atoms with Crippen molar-refractivity contribution in [2.24, 2.45) is 5.92 Å². The minimum Gasteiger partial charge on any atom is -0.344 e. The van der Waals surface area contributed by atoms with Crippen molar-refractivity contribution in [1.29, 1.82) is 0 Å². The normalized spacial score (nSPS) is 19.7. The largest absolute Gasteiger partial charge is 0.344 e. The summed E-state index contributed by atoms with van der Waals surface area (Å²) >= 11 is 0. The highest BCUT2D eigenvalue weighted by Gasteiger charge is 2.25. The van der Waals surface area contributed by atoms with Crippen LogP contribution in [0, 0.1) is 5.92 Å². The fourth-order valence-corrected chi connectivity index (χ4v) is 2.91. The summed E-state index contributed by atoms with van der Waals surface area (Å²) in [6.07, 6.45) is 5.40. The van der Waals surface area contributed by atoms with E-state index in [-0.39, 0.29) is 5.91 Å². The van der Waals surface area contributed by atoms with Crippen LogP contribution in [0.3, 0.4) is 0 Å². The van der Waals surface area contributed by atoms with E-state index in [0.717, 1.165) is 44.7 Å². The second kappa shape index (κ2) is 6.75. The number of likely N-dealkylation sites (tertiary alicyclic amines) is 1. The molecule has 0 aliphatic carbocycles. The zero-order valence-electron chi connectivity index (χ0n) is 12.1. The van der Waals surface area contributed by atoms with Crippen LogP contribution in [-0.4, -0.2) is 42.1 Å². The molecule has 0 saturated carbocycles. The fourth-order valence-electron chi connectivity index (χ4n) is 2.91. The number of carbonyl (C=O) groups is 1. The molecule has 1 N–H and O–H groups in total.